The maximum Gasteiger partial charge on any atom is 0.254 e. The SMILES string of the molecule is Cc1cc(NCC2CCc3nnc(C(C)C)n3C2)n2ncnc2n1. The lowest BCUT2D eigenvalue weighted by atomic mass is 9.98. The number of aryl methyl sites for hydroxylation is 2. The van der Waals surface area contributed by atoms with Gasteiger partial charge in [0, 0.05) is 37.2 Å². The molecule has 0 aromatic carbocycles. The Labute approximate surface area is 140 Å². The van der Waals surface area contributed by atoms with E-state index in [4.69, 9.17) is 0 Å². The van der Waals surface area contributed by atoms with Crippen molar-refractivity contribution in [1.29, 1.82) is 0 Å². The zero-order valence-corrected chi connectivity index (χ0v) is 14.3. The molecule has 0 aliphatic carbocycles. The predicted molar refractivity (Wildman–Crippen MR) is 89.9 cm³/mol. The van der Waals surface area contributed by atoms with E-state index >= 15 is 0 Å². The lowest BCUT2D eigenvalue weighted by Crippen LogP contribution is -2.28. The summed E-state index contributed by atoms with van der Waals surface area (Å²) in [7, 11) is 0. The van der Waals surface area contributed by atoms with Crippen molar-refractivity contribution in [3.05, 3.63) is 29.7 Å². The van der Waals surface area contributed by atoms with E-state index in [0.29, 0.717) is 17.6 Å². The van der Waals surface area contributed by atoms with Crippen LogP contribution in [0, 0.1) is 12.8 Å². The van der Waals surface area contributed by atoms with Crippen molar-refractivity contribution in [1.82, 2.24) is 34.3 Å². The standard InChI is InChI=1S/C16H22N8/c1-10(2)15-22-21-13-5-4-12(8-23(13)15)7-17-14-6-11(3)20-16-18-9-19-24(14)16/h6,9-10,12,17H,4-5,7-8H2,1-3H3. The summed E-state index contributed by atoms with van der Waals surface area (Å²) < 4.78 is 4.04. The molecule has 4 rings (SSSR count). The molecule has 8 nitrogen and oxygen atoms in total. The normalized spacial score (nSPS) is 17.4. The van der Waals surface area contributed by atoms with Crippen LogP contribution in [0.1, 0.15) is 43.5 Å². The maximum atomic E-state index is 4.37. The van der Waals surface area contributed by atoms with Gasteiger partial charge < -0.3 is 9.88 Å². The highest BCUT2D eigenvalue weighted by Crippen LogP contribution is 2.24. The Kier molecular flexibility index (Phi) is 3.66. The van der Waals surface area contributed by atoms with Gasteiger partial charge in [0.2, 0.25) is 0 Å². The molecule has 0 radical (unpaired) electrons. The Morgan fingerprint density at radius 2 is 2.21 bits per heavy atom. The number of nitrogens with one attached hydrogen (secondary N) is 1. The number of hydrogen-bond donors (Lipinski definition) is 1. The van der Waals surface area contributed by atoms with E-state index in [1.807, 2.05) is 13.0 Å². The number of hydrogen-bond acceptors (Lipinski definition) is 6. The molecule has 1 atom stereocenters. The molecule has 0 fully saturated rings. The van der Waals surface area contributed by atoms with Crippen LogP contribution in [0.2, 0.25) is 0 Å². The van der Waals surface area contributed by atoms with Crippen molar-refractivity contribution in [2.45, 2.75) is 46.1 Å². The second kappa shape index (κ2) is 5.85. The first-order valence-electron chi connectivity index (χ1n) is 8.45. The van der Waals surface area contributed by atoms with Crippen molar-refractivity contribution in [2.24, 2.45) is 5.92 Å². The molecule has 0 saturated heterocycles. The average Bonchev–Trinajstić information content (AvgIpc) is 3.18. The first kappa shape index (κ1) is 15.0. The van der Waals surface area contributed by atoms with Crippen molar-refractivity contribution in [2.75, 3.05) is 11.9 Å². The van der Waals surface area contributed by atoms with Crippen LogP contribution in [0.15, 0.2) is 12.4 Å². The van der Waals surface area contributed by atoms with Gasteiger partial charge in [-0.15, -0.1) is 10.2 Å². The highest BCUT2D eigenvalue weighted by atomic mass is 15.4. The third-order valence-corrected chi connectivity index (χ3v) is 4.54. The molecule has 1 aliphatic rings. The summed E-state index contributed by atoms with van der Waals surface area (Å²) in [6.07, 6.45) is 3.64. The van der Waals surface area contributed by atoms with E-state index in [-0.39, 0.29) is 0 Å². The van der Waals surface area contributed by atoms with Gasteiger partial charge >= 0.3 is 0 Å². The number of rotatable bonds is 4. The van der Waals surface area contributed by atoms with Crippen molar-refractivity contribution < 1.29 is 0 Å². The molecular weight excluding hydrogens is 304 g/mol. The average molecular weight is 326 g/mol. The van der Waals surface area contributed by atoms with Gasteiger partial charge in [0.15, 0.2) is 0 Å². The first-order valence-corrected chi connectivity index (χ1v) is 8.45. The van der Waals surface area contributed by atoms with Crippen molar-refractivity contribution in [3.8, 4) is 0 Å². The fraction of sp³-hybridized carbons (Fsp3) is 0.562. The van der Waals surface area contributed by atoms with Crippen LogP contribution in [0.5, 0.6) is 0 Å². The Bertz CT molecular complexity index is 862. The summed E-state index contributed by atoms with van der Waals surface area (Å²) in [5.41, 5.74) is 0.935. The zero-order chi connectivity index (χ0) is 16.7. The highest BCUT2D eigenvalue weighted by molar-refractivity contribution is 5.44. The molecule has 1 N–H and O–H groups in total. The van der Waals surface area contributed by atoms with E-state index in [2.05, 4.69) is 49.0 Å². The molecule has 3 aromatic rings. The predicted octanol–water partition coefficient (Wildman–Crippen LogP) is 1.82. The third-order valence-electron chi connectivity index (χ3n) is 4.54. The van der Waals surface area contributed by atoms with Crippen LogP contribution in [-0.4, -0.2) is 40.9 Å². The lowest BCUT2D eigenvalue weighted by Gasteiger charge is -2.25. The fourth-order valence-electron chi connectivity index (χ4n) is 3.31. The van der Waals surface area contributed by atoms with Crippen LogP contribution < -0.4 is 5.32 Å². The second-order valence-electron chi connectivity index (χ2n) is 6.78. The minimum Gasteiger partial charge on any atom is -0.370 e. The summed E-state index contributed by atoms with van der Waals surface area (Å²) in [6.45, 7) is 8.15. The van der Waals surface area contributed by atoms with E-state index in [0.717, 1.165) is 49.1 Å². The number of anilines is 1. The van der Waals surface area contributed by atoms with Crippen molar-refractivity contribution >= 4 is 11.6 Å². The lowest BCUT2D eigenvalue weighted by molar-refractivity contribution is 0.371. The highest BCUT2D eigenvalue weighted by Gasteiger charge is 2.24. The molecule has 126 valence electrons. The molecule has 4 heterocycles. The summed E-state index contributed by atoms with van der Waals surface area (Å²) in [4.78, 5) is 8.54. The summed E-state index contributed by atoms with van der Waals surface area (Å²) in [5.74, 6) is 4.72. The van der Waals surface area contributed by atoms with Gasteiger partial charge in [-0.25, -0.2) is 4.98 Å². The molecule has 3 aromatic heterocycles. The van der Waals surface area contributed by atoms with Crippen LogP contribution in [-0.2, 0) is 13.0 Å². The topological polar surface area (TPSA) is 85.8 Å². The zero-order valence-electron chi connectivity index (χ0n) is 14.3. The Balaban J connectivity index is 1.50. The molecule has 0 saturated carbocycles. The molecule has 24 heavy (non-hydrogen) atoms. The van der Waals surface area contributed by atoms with Gasteiger partial charge in [-0.2, -0.15) is 14.6 Å². The largest absolute Gasteiger partial charge is 0.370 e. The molecule has 8 heteroatoms. The first-order chi connectivity index (χ1) is 11.6. The van der Waals surface area contributed by atoms with Gasteiger partial charge in [-0.1, -0.05) is 13.8 Å². The van der Waals surface area contributed by atoms with Crippen LogP contribution >= 0.6 is 0 Å². The van der Waals surface area contributed by atoms with E-state index in [9.17, 15) is 0 Å². The van der Waals surface area contributed by atoms with Gasteiger partial charge in [0.05, 0.1) is 0 Å². The van der Waals surface area contributed by atoms with E-state index in [1.54, 1.807) is 4.52 Å². The van der Waals surface area contributed by atoms with Crippen molar-refractivity contribution in [3.63, 3.8) is 0 Å². The minimum absolute atomic E-state index is 0.399. The van der Waals surface area contributed by atoms with Crippen LogP contribution in [0.3, 0.4) is 0 Å². The van der Waals surface area contributed by atoms with Gasteiger partial charge in [0.25, 0.3) is 5.78 Å². The second-order valence-corrected chi connectivity index (χ2v) is 6.78. The quantitative estimate of drug-likeness (QED) is 0.787. The summed E-state index contributed by atoms with van der Waals surface area (Å²) in [6, 6.07) is 2.01. The smallest absolute Gasteiger partial charge is 0.254 e. The van der Waals surface area contributed by atoms with Gasteiger partial charge in [-0.05, 0) is 19.3 Å². The number of fused-ring (bicyclic) bond motifs is 2. The summed E-state index contributed by atoms with van der Waals surface area (Å²) in [5, 5.41) is 16.5. The van der Waals surface area contributed by atoms with Crippen LogP contribution in [0.25, 0.3) is 5.78 Å². The maximum absolute atomic E-state index is 4.37. The Morgan fingerprint density at radius 1 is 1.33 bits per heavy atom. The molecule has 0 amide bonds. The molecule has 1 unspecified atom stereocenters. The Morgan fingerprint density at radius 3 is 3.04 bits per heavy atom. The Hall–Kier alpha value is -2.51. The van der Waals surface area contributed by atoms with Crippen LogP contribution in [0.4, 0.5) is 5.82 Å². The minimum atomic E-state index is 0.399. The monoisotopic (exact) mass is 326 g/mol. The van der Waals surface area contributed by atoms with E-state index in [1.165, 1.54) is 6.33 Å². The molecular formula is C16H22N8. The number of nitrogens with zero attached hydrogens (tertiary/aromatic N) is 7. The van der Waals surface area contributed by atoms with E-state index < -0.39 is 0 Å². The summed E-state index contributed by atoms with van der Waals surface area (Å²) >= 11 is 0. The third kappa shape index (κ3) is 2.61. The molecule has 1 aliphatic heterocycles. The molecule has 0 bridgehead atoms. The fourth-order valence-corrected chi connectivity index (χ4v) is 3.31. The van der Waals surface area contributed by atoms with Gasteiger partial charge in [0.1, 0.15) is 23.8 Å². The number of aromatic nitrogens is 7. The molecule has 0 spiro atoms. The van der Waals surface area contributed by atoms with Gasteiger partial charge in [-0.3, -0.25) is 0 Å².